The molecular formula is C22H18Cl2N2O3. The average Bonchev–Trinajstić information content (AvgIpc) is 2.70. The third-order valence-corrected chi connectivity index (χ3v) is 5.25. The van der Waals surface area contributed by atoms with Crippen LogP contribution in [0.5, 0.6) is 0 Å². The summed E-state index contributed by atoms with van der Waals surface area (Å²) in [4.78, 5) is 23.5. The van der Waals surface area contributed by atoms with Crippen LogP contribution in [0.15, 0.2) is 66.7 Å². The van der Waals surface area contributed by atoms with Crippen LogP contribution in [-0.4, -0.2) is 10.7 Å². The summed E-state index contributed by atoms with van der Waals surface area (Å²) in [6.45, 7) is 1.95. The number of nitro benzene ring substituents is 1. The number of carbonyl (C=O) groups excluding carboxylic acids is 1. The number of nitrogens with zero attached hydrogens (tertiary/aromatic N) is 1. The van der Waals surface area contributed by atoms with Crippen molar-refractivity contribution in [1.82, 2.24) is 0 Å². The SMILES string of the molecule is Cc1ccc(C(=O)CC(Nc2cccc([N+](=O)[O-])c2)c2ccc(Cl)c(Cl)c2)cc1. The van der Waals surface area contributed by atoms with Gasteiger partial charge in [0.05, 0.1) is 21.0 Å². The van der Waals surface area contributed by atoms with E-state index < -0.39 is 11.0 Å². The summed E-state index contributed by atoms with van der Waals surface area (Å²) >= 11 is 12.2. The first kappa shape index (κ1) is 20.8. The topological polar surface area (TPSA) is 72.2 Å². The highest BCUT2D eigenvalue weighted by atomic mass is 35.5. The predicted molar refractivity (Wildman–Crippen MR) is 116 cm³/mol. The highest BCUT2D eigenvalue weighted by Crippen LogP contribution is 2.31. The van der Waals surface area contributed by atoms with Crippen LogP contribution in [0.25, 0.3) is 0 Å². The standard InChI is InChI=1S/C22H18Cl2N2O3/c1-14-5-7-15(8-6-14)22(27)13-21(16-9-10-19(23)20(24)11-16)25-17-3-2-4-18(12-17)26(28)29/h2-12,21,25H,13H2,1H3. The van der Waals surface area contributed by atoms with Gasteiger partial charge in [0.1, 0.15) is 0 Å². The van der Waals surface area contributed by atoms with Gasteiger partial charge in [-0.1, -0.05) is 65.2 Å². The molecule has 0 saturated heterocycles. The zero-order valence-corrected chi connectivity index (χ0v) is 17.1. The number of non-ortho nitro benzene ring substituents is 1. The predicted octanol–water partition coefficient (Wildman–Crippen LogP) is 6.64. The maximum absolute atomic E-state index is 12.8. The Labute approximate surface area is 178 Å². The number of rotatable bonds is 7. The molecule has 0 spiro atoms. The number of halogens is 2. The molecule has 3 aromatic carbocycles. The number of benzene rings is 3. The average molecular weight is 429 g/mol. The Morgan fingerprint density at radius 1 is 1.03 bits per heavy atom. The molecule has 5 nitrogen and oxygen atoms in total. The lowest BCUT2D eigenvalue weighted by Crippen LogP contribution is -2.16. The molecule has 1 unspecified atom stereocenters. The smallest absolute Gasteiger partial charge is 0.271 e. The molecule has 0 saturated carbocycles. The Kier molecular flexibility index (Phi) is 6.52. The fourth-order valence-corrected chi connectivity index (χ4v) is 3.24. The molecule has 3 rings (SSSR count). The van der Waals surface area contributed by atoms with Gasteiger partial charge in [-0.2, -0.15) is 0 Å². The molecule has 0 radical (unpaired) electrons. The second kappa shape index (κ2) is 9.07. The lowest BCUT2D eigenvalue weighted by atomic mass is 9.97. The fourth-order valence-electron chi connectivity index (χ4n) is 2.93. The van der Waals surface area contributed by atoms with E-state index in [-0.39, 0.29) is 17.9 Å². The Bertz CT molecular complexity index is 1050. The molecule has 0 fully saturated rings. The van der Waals surface area contributed by atoms with E-state index in [0.29, 0.717) is 21.3 Å². The van der Waals surface area contributed by atoms with E-state index >= 15 is 0 Å². The molecule has 0 heterocycles. The van der Waals surface area contributed by atoms with Crippen molar-refractivity contribution in [3.8, 4) is 0 Å². The first-order valence-corrected chi connectivity index (χ1v) is 9.65. The molecule has 0 aromatic heterocycles. The summed E-state index contributed by atoms with van der Waals surface area (Å²) in [6, 6.07) is 18.2. The molecule has 3 aromatic rings. The number of Topliss-reactive ketones (excluding diaryl/α,β-unsaturated/α-hetero) is 1. The van der Waals surface area contributed by atoms with Gasteiger partial charge in [0.15, 0.2) is 5.78 Å². The summed E-state index contributed by atoms with van der Waals surface area (Å²) in [6.07, 6.45) is 0.143. The monoisotopic (exact) mass is 428 g/mol. The summed E-state index contributed by atoms with van der Waals surface area (Å²) in [5, 5.41) is 15.1. The van der Waals surface area contributed by atoms with Gasteiger partial charge in [0.2, 0.25) is 0 Å². The van der Waals surface area contributed by atoms with E-state index in [1.165, 1.54) is 12.1 Å². The lowest BCUT2D eigenvalue weighted by Gasteiger charge is -2.20. The largest absolute Gasteiger partial charge is 0.378 e. The van der Waals surface area contributed by atoms with Crippen LogP contribution in [-0.2, 0) is 0 Å². The molecule has 0 aliphatic rings. The van der Waals surface area contributed by atoms with E-state index in [1.54, 1.807) is 42.5 Å². The molecule has 0 aliphatic heterocycles. The van der Waals surface area contributed by atoms with Crippen LogP contribution in [0.3, 0.4) is 0 Å². The first-order chi connectivity index (χ1) is 13.8. The van der Waals surface area contributed by atoms with E-state index in [2.05, 4.69) is 5.32 Å². The first-order valence-electron chi connectivity index (χ1n) is 8.89. The van der Waals surface area contributed by atoms with Gasteiger partial charge in [-0.25, -0.2) is 0 Å². The molecule has 1 atom stereocenters. The number of ketones is 1. The molecule has 0 amide bonds. The maximum Gasteiger partial charge on any atom is 0.271 e. The number of anilines is 1. The van der Waals surface area contributed by atoms with E-state index in [1.807, 2.05) is 19.1 Å². The number of nitro groups is 1. The van der Waals surface area contributed by atoms with Gasteiger partial charge in [-0.05, 0) is 30.7 Å². The zero-order valence-electron chi connectivity index (χ0n) is 15.6. The van der Waals surface area contributed by atoms with E-state index in [9.17, 15) is 14.9 Å². The minimum atomic E-state index is -0.462. The summed E-state index contributed by atoms with van der Waals surface area (Å²) in [5.74, 6) is -0.0565. The quantitative estimate of drug-likeness (QED) is 0.260. The van der Waals surface area contributed by atoms with Crippen LogP contribution in [0.1, 0.15) is 33.9 Å². The maximum atomic E-state index is 12.8. The third kappa shape index (κ3) is 5.34. The van der Waals surface area contributed by atoms with Crippen LogP contribution in [0.2, 0.25) is 10.0 Å². The van der Waals surface area contributed by atoms with Crippen LogP contribution < -0.4 is 5.32 Å². The van der Waals surface area contributed by atoms with Crippen molar-refractivity contribution in [2.45, 2.75) is 19.4 Å². The van der Waals surface area contributed by atoms with Crippen molar-refractivity contribution < 1.29 is 9.72 Å². The Balaban J connectivity index is 1.91. The van der Waals surface area contributed by atoms with Gasteiger partial charge in [0.25, 0.3) is 5.69 Å². The highest BCUT2D eigenvalue weighted by molar-refractivity contribution is 6.42. The van der Waals surface area contributed by atoms with Crippen molar-refractivity contribution in [2.75, 3.05) is 5.32 Å². The second-order valence-corrected chi connectivity index (χ2v) is 7.49. The van der Waals surface area contributed by atoms with Crippen LogP contribution in [0.4, 0.5) is 11.4 Å². The molecule has 1 N–H and O–H groups in total. The molecule has 0 bridgehead atoms. The summed E-state index contributed by atoms with van der Waals surface area (Å²) in [5.41, 5.74) is 2.92. The van der Waals surface area contributed by atoms with Crippen molar-refractivity contribution in [3.05, 3.63) is 104 Å². The van der Waals surface area contributed by atoms with Gasteiger partial charge >= 0.3 is 0 Å². The zero-order chi connectivity index (χ0) is 21.0. The van der Waals surface area contributed by atoms with E-state index in [4.69, 9.17) is 23.2 Å². The number of hydrogen-bond donors (Lipinski definition) is 1. The Hall–Kier alpha value is -2.89. The van der Waals surface area contributed by atoms with Crippen LogP contribution in [0, 0.1) is 17.0 Å². The number of hydrogen-bond acceptors (Lipinski definition) is 4. The molecule has 0 aliphatic carbocycles. The van der Waals surface area contributed by atoms with E-state index in [0.717, 1.165) is 11.1 Å². The highest BCUT2D eigenvalue weighted by Gasteiger charge is 2.19. The third-order valence-electron chi connectivity index (χ3n) is 4.51. The summed E-state index contributed by atoms with van der Waals surface area (Å²) in [7, 11) is 0. The van der Waals surface area contributed by atoms with Crippen molar-refractivity contribution in [1.29, 1.82) is 0 Å². The lowest BCUT2D eigenvalue weighted by molar-refractivity contribution is -0.384. The molecular weight excluding hydrogens is 411 g/mol. The minimum absolute atomic E-state index is 0.0345. The fraction of sp³-hybridized carbons (Fsp3) is 0.136. The van der Waals surface area contributed by atoms with Gasteiger partial charge < -0.3 is 5.32 Å². The summed E-state index contributed by atoms with van der Waals surface area (Å²) < 4.78 is 0. The van der Waals surface area contributed by atoms with Crippen molar-refractivity contribution in [3.63, 3.8) is 0 Å². The Morgan fingerprint density at radius 2 is 1.76 bits per heavy atom. The number of aryl methyl sites for hydroxylation is 1. The van der Waals surface area contributed by atoms with Crippen molar-refractivity contribution in [2.24, 2.45) is 0 Å². The van der Waals surface area contributed by atoms with Gasteiger partial charge in [-0.15, -0.1) is 0 Å². The normalized spacial score (nSPS) is 11.7. The number of carbonyl (C=O) groups is 1. The van der Waals surface area contributed by atoms with Crippen LogP contribution >= 0.6 is 23.2 Å². The van der Waals surface area contributed by atoms with Gasteiger partial charge in [0, 0.05) is 29.8 Å². The second-order valence-electron chi connectivity index (χ2n) is 6.67. The molecule has 7 heteroatoms. The van der Waals surface area contributed by atoms with Crippen molar-refractivity contribution >= 4 is 40.4 Å². The minimum Gasteiger partial charge on any atom is -0.378 e. The molecule has 148 valence electrons. The Morgan fingerprint density at radius 3 is 2.41 bits per heavy atom. The molecule has 29 heavy (non-hydrogen) atoms. The number of nitrogens with one attached hydrogen (secondary N) is 1. The van der Waals surface area contributed by atoms with Gasteiger partial charge in [-0.3, -0.25) is 14.9 Å².